The van der Waals surface area contributed by atoms with Crippen molar-refractivity contribution in [1.82, 2.24) is 4.98 Å². The summed E-state index contributed by atoms with van der Waals surface area (Å²) in [7, 11) is 0. The topological polar surface area (TPSA) is 38.9 Å². The van der Waals surface area contributed by atoms with Gasteiger partial charge in [0.05, 0.1) is 5.01 Å². The number of nitrogens with zero attached hydrogens (tertiary/aromatic N) is 1. The summed E-state index contributed by atoms with van der Waals surface area (Å²) in [6.07, 6.45) is 8.52. The van der Waals surface area contributed by atoms with Crippen molar-refractivity contribution in [2.45, 2.75) is 31.7 Å². The first-order valence-electron chi connectivity index (χ1n) is 4.66. The van der Waals surface area contributed by atoms with Crippen LogP contribution < -0.4 is 5.73 Å². The Balaban J connectivity index is 1.96. The van der Waals surface area contributed by atoms with Crippen LogP contribution in [0, 0.1) is 0 Å². The van der Waals surface area contributed by atoms with Crippen LogP contribution in [-0.2, 0) is 6.42 Å². The number of allylic oxidation sites excluding steroid dienone is 1. The predicted molar refractivity (Wildman–Crippen MR) is 55.7 cm³/mol. The lowest BCUT2D eigenvalue weighted by molar-refractivity contribution is 0.583. The van der Waals surface area contributed by atoms with Gasteiger partial charge >= 0.3 is 0 Å². The minimum Gasteiger partial charge on any atom is -0.327 e. The summed E-state index contributed by atoms with van der Waals surface area (Å²) < 4.78 is 0. The maximum Gasteiger partial charge on any atom is 0.0965 e. The van der Waals surface area contributed by atoms with E-state index in [-0.39, 0.29) is 0 Å². The minimum absolute atomic E-state index is 0.389. The number of hydrogen-bond acceptors (Lipinski definition) is 3. The van der Waals surface area contributed by atoms with Crippen molar-refractivity contribution in [1.29, 1.82) is 0 Å². The molecule has 2 nitrogen and oxygen atoms in total. The molecule has 1 unspecified atom stereocenters. The fraction of sp³-hybridized carbons (Fsp3) is 0.500. The molecule has 0 aliphatic heterocycles. The highest BCUT2D eigenvalue weighted by Gasteiger charge is 2.11. The summed E-state index contributed by atoms with van der Waals surface area (Å²) in [6.45, 7) is 0. The van der Waals surface area contributed by atoms with Crippen molar-refractivity contribution < 1.29 is 0 Å². The highest BCUT2D eigenvalue weighted by atomic mass is 32.1. The van der Waals surface area contributed by atoms with E-state index in [0.717, 1.165) is 25.7 Å². The third-order valence-electron chi connectivity index (χ3n) is 2.41. The van der Waals surface area contributed by atoms with Crippen LogP contribution in [0.1, 0.15) is 24.3 Å². The van der Waals surface area contributed by atoms with Gasteiger partial charge in [0, 0.05) is 24.0 Å². The van der Waals surface area contributed by atoms with Gasteiger partial charge in [-0.05, 0) is 19.3 Å². The molecule has 0 amide bonds. The van der Waals surface area contributed by atoms with E-state index in [1.165, 1.54) is 10.6 Å². The maximum atomic E-state index is 5.81. The third kappa shape index (κ3) is 2.39. The zero-order chi connectivity index (χ0) is 9.10. The Morgan fingerprint density at radius 3 is 3.15 bits per heavy atom. The van der Waals surface area contributed by atoms with Gasteiger partial charge in [-0.25, -0.2) is 4.98 Å². The average molecular weight is 194 g/mol. The van der Waals surface area contributed by atoms with Gasteiger partial charge in [-0.1, -0.05) is 11.6 Å². The van der Waals surface area contributed by atoms with E-state index in [1.807, 2.05) is 11.6 Å². The number of thiazole rings is 1. The van der Waals surface area contributed by atoms with Gasteiger partial charge in [0.15, 0.2) is 0 Å². The van der Waals surface area contributed by atoms with E-state index in [4.69, 9.17) is 5.73 Å². The Bertz CT molecular complexity index is 290. The first-order valence-corrected chi connectivity index (χ1v) is 5.54. The number of hydrogen-bond donors (Lipinski definition) is 1. The molecule has 70 valence electrons. The van der Waals surface area contributed by atoms with Gasteiger partial charge in [-0.15, -0.1) is 11.3 Å². The van der Waals surface area contributed by atoms with Crippen LogP contribution in [0.25, 0.3) is 0 Å². The van der Waals surface area contributed by atoms with Gasteiger partial charge < -0.3 is 5.73 Å². The van der Waals surface area contributed by atoms with E-state index >= 15 is 0 Å². The molecule has 0 saturated heterocycles. The molecule has 0 spiro atoms. The number of aromatic nitrogens is 1. The molecule has 0 aromatic carbocycles. The van der Waals surface area contributed by atoms with Crippen LogP contribution in [-0.4, -0.2) is 11.0 Å². The second-order valence-corrected chi connectivity index (χ2v) is 4.48. The molecule has 1 aromatic heterocycles. The second kappa shape index (κ2) is 4.03. The first-order chi connectivity index (χ1) is 6.34. The average Bonchev–Trinajstić information content (AvgIpc) is 2.62. The van der Waals surface area contributed by atoms with Crippen molar-refractivity contribution >= 4 is 11.3 Å². The molecule has 1 aliphatic carbocycles. The minimum atomic E-state index is 0.389. The fourth-order valence-corrected chi connectivity index (χ4v) is 2.27. The molecule has 1 aromatic rings. The lowest BCUT2D eigenvalue weighted by Crippen LogP contribution is -2.22. The molecule has 0 fully saturated rings. The van der Waals surface area contributed by atoms with Crippen molar-refractivity contribution in [3.8, 4) is 0 Å². The van der Waals surface area contributed by atoms with Gasteiger partial charge in [-0.2, -0.15) is 0 Å². The number of rotatable bonds is 2. The highest BCUT2D eigenvalue weighted by Crippen LogP contribution is 2.21. The van der Waals surface area contributed by atoms with Crippen molar-refractivity contribution in [3.63, 3.8) is 0 Å². The van der Waals surface area contributed by atoms with Crippen LogP contribution in [0.3, 0.4) is 0 Å². The zero-order valence-electron chi connectivity index (χ0n) is 7.57. The van der Waals surface area contributed by atoms with Crippen LogP contribution in [0.5, 0.6) is 0 Å². The summed E-state index contributed by atoms with van der Waals surface area (Å²) in [5.41, 5.74) is 7.32. The summed E-state index contributed by atoms with van der Waals surface area (Å²) >= 11 is 1.73. The number of nitrogens with two attached hydrogens (primary N) is 1. The second-order valence-electron chi connectivity index (χ2n) is 3.50. The molecular weight excluding hydrogens is 180 g/mol. The summed E-state index contributed by atoms with van der Waals surface area (Å²) in [5, 5.41) is 3.26. The van der Waals surface area contributed by atoms with Crippen LogP contribution in [0.15, 0.2) is 23.2 Å². The van der Waals surface area contributed by atoms with Gasteiger partial charge in [-0.3, -0.25) is 0 Å². The monoisotopic (exact) mass is 194 g/mol. The largest absolute Gasteiger partial charge is 0.327 e. The molecule has 0 bridgehead atoms. The van der Waals surface area contributed by atoms with Gasteiger partial charge in [0.2, 0.25) is 0 Å². The zero-order valence-corrected chi connectivity index (χ0v) is 8.39. The normalized spacial score (nSPS) is 22.8. The lowest BCUT2D eigenvalue weighted by Gasteiger charge is -2.17. The van der Waals surface area contributed by atoms with Gasteiger partial charge in [0.25, 0.3) is 0 Å². The maximum absolute atomic E-state index is 5.81. The molecule has 13 heavy (non-hydrogen) atoms. The molecular formula is C10H14N2S. The molecule has 2 N–H and O–H groups in total. The standard InChI is InChI=1S/C10H14N2S/c11-9-3-1-8(2-4-9)7-10-12-5-6-13-10/h1,5-6,9H,2-4,7,11H2. The Kier molecular flexibility index (Phi) is 2.76. The Morgan fingerprint density at radius 1 is 1.62 bits per heavy atom. The van der Waals surface area contributed by atoms with E-state index in [0.29, 0.717) is 6.04 Å². The van der Waals surface area contributed by atoms with Crippen LogP contribution in [0.4, 0.5) is 0 Å². The SMILES string of the molecule is NC1CC=C(Cc2nccs2)CC1. The molecule has 3 heteroatoms. The Hall–Kier alpha value is -0.670. The summed E-state index contributed by atoms with van der Waals surface area (Å²) in [4.78, 5) is 4.28. The van der Waals surface area contributed by atoms with Gasteiger partial charge in [0.1, 0.15) is 0 Å². The van der Waals surface area contributed by atoms with Crippen LogP contribution >= 0.6 is 11.3 Å². The van der Waals surface area contributed by atoms with E-state index < -0.39 is 0 Å². The molecule has 1 aliphatic rings. The lowest BCUT2D eigenvalue weighted by atomic mass is 9.94. The van der Waals surface area contributed by atoms with Crippen molar-refractivity contribution in [2.75, 3.05) is 0 Å². The predicted octanol–water partition coefficient (Wildman–Crippen LogP) is 2.12. The smallest absolute Gasteiger partial charge is 0.0965 e. The Labute approximate surface area is 82.5 Å². The molecule has 2 rings (SSSR count). The van der Waals surface area contributed by atoms with E-state index in [9.17, 15) is 0 Å². The van der Waals surface area contributed by atoms with E-state index in [1.54, 1.807) is 11.3 Å². The van der Waals surface area contributed by atoms with Crippen molar-refractivity contribution in [3.05, 3.63) is 28.2 Å². The van der Waals surface area contributed by atoms with Crippen LogP contribution in [0.2, 0.25) is 0 Å². The quantitative estimate of drug-likeness (QED) is 0.732. The first kappa shape index (κ1) is 8.91. The molecule has 0 radical (unpaired) electrons. The van der Waals surface area contributed by atoms with E-state index in [2.05, 4.69) is 11.1 Å². The molecule has 1 heterocycles. The third-order valence-corrected chi connectivity index (χ3v) is 3.19. The highest BCUT2D eigenvalue weighted by molar-refractivity contribution is 7.09. The molecule has 1 atom stereocenters. The fourth-order valence-electron chi connectivity index (χ4n) is 1.60. The summed E-state index contributed by atoms with van der Waals surface area (Å²) in [5.74, 6) is 0. The molecule has 0 saturated carbocycles. The van der Waals surface area contributed by atoms with Crippen molar-refractivity contribution in [2.24, 2.45) is 5.73 Å². The summed E-state index contributed by atoms with van der Waals surface area (Å²) in [6, 6.07) is 0.389. The Morgan fingerprint density at radius 2 is 2.54 bits per heavy atom.